The van der Waals surface area contributed by atoms with E-state index in [1.54, 1.807) is 0 Å². The van der Waals surface area contributed by atoms with Crippen molar-refractivity contribution in [2.24, 2.45) is 0 Å². The molecule has 1 aliphatic heterocycles. The number of halogens is 1. The van der Waals surface area contributed by atoms with E-state index in [9.17, 15) is 0 Å². The summed E-state index contributed by atoms with van der Waals surface area (Å²) >= 11 is 8.22. The molecular weight excluding hydrogens is 264 g/mol. The van der Waals surface area contributed by atoms with Crippen LogP contribution in [-0.2, 0) is 0 Å². The van der Waals surface area contributed by atoms with Crippen LogP contribution in [0, 0.1) is 0 Å². The van der Waals surface area contributed by atoms with Gasteiger partial charge in [-0.15, -0.1) is 0 Å². The Kier molecular flexibility index (Phi) is 3.62. The van der Waals surface area contributed by atoms with Gasteiger partial charge in [-0.05, 0) is 42.9 Å². The number of thioether (sulfide) groups is 1. The molecule has 1 saturated heterocycles. The summed E-state index contributed by atoms with van der Waals surface area (Å²) in [6.07, 6.45) is 4.35. The molecule has 1 unspecified atom stereocenters. The lowest BCUT2D eigenvalue weighted by Gasteiger charge is -2.24. The quantitative estimate of drug-likeness (QED) is 0.891. The van der Waals surface area contributed by atoms with E-state index in [0.717, 1.165) is 21.6 Å². The van der Waals surface area contributed by atoms with E-state index in [1.807, 2.05) is 42.2 Å². The molecule has 4 heteroatoms. The fourth-order valence-corrected chi connectivity index (χ4v) is 3.62. The first-order valence-corrected chi connectivity index (χ1v) is 7.75. The van der Waals surface area contributed by atoms with Crippen LogP contribution in [0.5, 0.6) is 0 Å². The van der Waals surface area contributed by atoms with Crippen molar-refractivity contribution < 1.29 is 0 Å². The average molecular weight is 279 g/mol. The summed E-state index contributed by atoms with van der Waals surface area (Å²) in [4.78, 5) is 4.45. The zero-order valence-electron chi connectivity index (χ0n) is 10.0. The number of fused-ring (bicyclic) bond motifs is 1. The molecule has 1 fully saturated rings. The van der Waals surface area contributed by atoms with Crippen LogP contribution in [0.4, 0.5) is 5.69 Å². The second kappa shape index (κ2) is 5.37. The highest BCUT2D eigenvalue weighted by molar-refractivity contribution is 7.99. The van der Waals surface area contributed by atoms with Crippen LogP contribution in [0.2, 0.25) is 5.02 Å². The minimum atomic E-state index is 0.551. The van der Waals surface area contributed by atoms with Crippen LogP contribution in [0.15, 0.2) is 30.5 Å². The summed E-state index contributed by atoms with van der Waals surface area (Å²) in [5, 5.41) is 5.40. The van der Waals surface area contributed by atoms with E-state index in [-0.39, 0.29) is 0 Å². The molecule has 0 spiro atoms. The third kappa shape index (κ3) is 2.43. The predicted octanol–water partition coefficient (Wildman–Crippen LogP) is 4.20. The SMILES string of the molecule is Clc1ccc(NC2CCCSC2)c2ncccc12. The Labute approximate surface area is 116 Å². The number of nitrogens with zero attached hydrogens (tertiary/aromatic N) is 1. The van der Waals surface area contributed by atoms with Crippen molar-refractivity contribution >= 4 is 40.0 Å². The number of hydrogen-bond acceptors (Lipinski definition) is 3. The molecule has 0 bridgehead atoms. The smallest absolute Gasteiger partial charge is 0.0948 e. The zero-order valence-corrected chi connectivity index (χ0v) is 11.6. The fourth-order valence-electron chi connectivity index (χ4n) is 2.33. The lowest BCUT2D eigenvalue weighted by atomic mass is 10.1. The van der Waals surface area contributed by atoms with E-state index in [1.165, 1.54) is 24.3 Å². The van der Waals surface area contributed by atoms with Crippen LogP contribution < -0.4 is 5.32 Å². The minimum Gasteiger partial charge on any atom is -0.380 e. The van der Waals surface area contributed by atoms with Crippen molar-refractivity contribution in [2.45, 2.75) is 18.9 Å². The molecule has 0 amide bonds. The Morgan fingerprint density at radius 2 is 2.28 bits per heavy atom. The lowest BCUT2D eigenvalue weighted by Crippen LogP contribution is -2.25. The number of nitrogens with one attached hydrogen (secondary N) is 1. The van der Waals surface area contributed by atoms with Gasteiger partial charge in [0.2, 0.25) is 0 Å². The summed E-state index contributed by atoms with van der Waals surface area (Å²) in [5.74, 6) is 2.47. The Hall–Kier alpha value is -0.930. The first kappa shape index (κ1) is 12.1. The molecule has 0 aliphatic carbocycles. The van der Waals surface area contributed by atoms with Crippen molar-refractivity contribution in [1.82, 2.24) is 4.98 Å². The van der Waals surface area contributed by atoms with Crippen LogP contribution in [-0.4, -0.2) is 22.5 Å². The molecule has 0 saturated carbocycles. The third-order valence-electron chi connectivity index (χ3n) is 3.24. The predicted molar refractivity (Wildman–Crippen MR) is 80.7 cm³/mol. The second-order valence-electron chi connectivity index (χ2n) is 4.55. The van der Waals surface area contributed by atoms with Crippen LogP contribution >= 0.6 is 23.4 Å². The summed E-state index contributed by atoms with van der Waals surface area (Å²) in [6, 6.07) is 8.48. The Morgan fingerprint density at radius 3 is 3.11 bits per heavy atom. The van der Waals surface area contributed by atoms with E-state index < -0.39 is 0 Å². The molecule has 2 aromatic rings. The maximum absolute atomic E-state index is 6.20. The maximum atomic E-state index is 6.20. The van der Waals surface area contributed by atoms with Gasteiger partial charge in [-0.25, -0.2) is 0 Å². The van der Waals surface area contributed by atoms with Crippen molar-refractivity contribution in [2.75, 3.05) is 16.8 Å². The van der Waals surface area contributed by atoms with Crippen molar-refractivity contribution in [3.8, 4) is 0 Å². The number of benzene rings is 1. The van der Waals surface area contributed by atoms with Crippen molar-refractivity contribution in [3.63, 3.8) is 0 Å². The van der Waals surface area contributed by atoms with Gasteiger partial charge in [0.25, 0.3) is 0 Å². The summed E-state index contributed by atoms with van der Waals surface area (Å²) < 4.78 is 0. The molecule has 1 atom stereocenters. The Balaban J connectivity index is 1.94. The largest absolute Gasteiger partial charge is 0.380 e. The topological polar surface area (TPSA) is 24.9 Å². The molecule has 1 aliphatic rings. The van der Waals surface area contributed by atoms with Gasteiger partial charge in [0.15, 0.2) is 0 Å². The monoisotopic (exact) mass is 278 g/mol. The van der Waals surface area contributed by atoms with Gasteiger partial charge in [-0.2, -0.15) is 11.8 Å². The van der Waals surface area contributed by atoms with Crippen molar-refractivity contribution in [3.05, 3.63) is 35.5 Å². The highest BCUT2D eigenvalue weighted by atomic mass is 35.5. The van der Waals surface area contributed by atoms with Crippen LogP contribution in [0.1, 0.15) is 12.8 Å². The standard InChI is InChI=1S/C14H15ClN2S/c15-12-5-6-13(14-11(12)4-1-7-16-14)17-10-3-2-8-18-9-10/h1,4-7,10,17H,2-3,8-9H2. The van der Waals surface area contributed by atoms with E-state index in [2.05, 4.69) is 10.3 Å². The van der Waals surface area contributed by atoms with E-state index in [4.69, 9.17) is 11.6 Å². The van der Waals surface area contributed by atoms with E-state index in [0.29, 0.717) is 6.04 Å². The highest BCUT2D eigenvalue weighted by Crippen LogP contribution is 2.29. The maximum Gasteiger partial charge on any atom is 0.0948 e. The number of pyridine rings is 1. The lowest BCUT2D eigenvalue weighted by molar-refractivity contribution is 0.686. The summed E-state index contributed by atoms with van der Waals surface area (Å²) in [5.41, 5.74) is 2.07. The first-order valence-electron chi connectivity index (χ1n) is 6.22. The van der Waals surface area contributed by atoms with Gasteiger partial charge in [0.05, 0.1) is 16.2 Å². The molecule has 1 aromatic heterocycles. The normalized spacial score (nSPS) is 19.9. The number of aromatic nitrogens is 1. The number of hydrogen-bond donors (Lipinski definition) is 1. The summed E-state index contributed by atoms with van der Waals surface area (Å²) in [6.45, 7) is 0. The molecule has 3 rings (SSSR count). The summed E-state index contributed by atoms with van der Waals surface area (Å²) in [7, 11) is 0. The first-order chi connectivity index (χ1) is 8.84. The van der Waals surface area contributed by atoms with Gasteiger partial charge in [0.1, 0.15) is 0 Å². The Bertz CT molecular complexity index is 552. The molecule has 18 heavy (non-hydrogen) atoms. The van der Waals surface area contributed by atoms with E-state index >= 15 is 0 Å². The van der Waals surface area contributed by atoms with Gasteiger partial charge in [-0.1, -0.05) is 11.6 Å². The average Bonchev–Trinajstić information content (AvgIpc) is 2.44. The molecule has 2 nitrogen and oxygen atoms in total. The van der Waals surface area contributed by atoms with Gasteiger partial charge < -0.3 is 5.32 Å². The van der Waals surface area contributed by atoms with Crippen LogP contribution in [0.3, 0.4) is 0 Å². The van der Waals surface area contributed by atoms with Gasteiger partial charge in [-0.3, -0.25) is 4.98 Å². The number of anilines is 1. The fraction of sp³-hybridized carbons (Fsp3) is 0.357. The third-order valence-corrected chi connectivity index (χ3v) is 4.78. The molecule has 1 N–H and O–H groups in total. The molecule has 0 radical (unpaired) electrons. The minimum absolute atomic E-state index is 0.551. The molecule has 2 heterocycles. The Morgan fingerprint density at radius 1 is 1.33 bits per heavy atom. The number of rotatable bonds is 2. The molecular formula is C14H15ClN2S. The van der Waals surface area contributed by atoms with Crippen LogP contribution in [0.25, 0.3) is 10.9 Å². The van der Waals surface area contributed by atoms with Gasteiger partial charge >= 0.3 is 0 Å². The van der Waals surface area contributed by atoms with Gasteiger partial charge in [0, 0.05) is 23.4 Å². The van der Waals surface area contributed by atoms with Crippen molar-refractivity contribution in [1.29, 1.82) is 0 Å². The molecule has 1 aromatic carbocycles. The zero-order chi connectivity index (χ0) is 12.4. The molecule has 94 valence electrons. The highest BCUT2D eigenvalue weighted by Gasteiger charge is 2.15. The second-order valence-corrected chi connectivity index (χ2v) is 6.11.